The minimum Gasteiger partial charge on any atom is -0.358 e. The smallest absolute Gasteiger partial charge is 0.157 e. The van der Waals surface area contributed by atoms with Crippen LogP contribution in [0.1, 0.15) is 32.4 Å². The summed E-state index contributed by atoms with van der Waals surface area (Å²) in [6.45, 7) is 6.55. The van der Waals surface area contributed by atoms with Crippen LogP contribution in [0.15, 0.2) is 29.3 Å². The van der Waals surface area contributed by atoms with E-state index in [0.29, 0.717) is 12.0 Å². The molecular formula is C14H19ClN2S. The highest BCUT2D eigenvalue weighted by molar-refractivity contribution is 8.14. The summed E-state index contributed by atoms with van der Waals surface area (Å²) >= 11 is 8.00. The molecule has 1 aromatic carbocycles. The summed E-state index contributed by atoms with van der Waals surface area (Å²) in [5.41, 5.74) is 1.12. The molecule has 2 rings (SSSR count). The standard InChI is InChI=1S/C14H19ClN2S/c1-9(2)13-8-18-14(17-13)16-10(3)11-6-4-5-7-12(11)15/h4-7,9-10,13H,8H2,1-3H3,(H,16,17). The number of benzene rings is 1. The Morgan fingerprint density at radius 3 is 2.67 bits per heavy atom. The summed E-state index contributed by atoms with van der Waals surface area (Å²) in [6, 6.07) is 8.58. The van der Waals surface area contributed by atoms with Gasteiger partial charge in [0.2, 0.25) is 0 Å². The fraction of sp³-hybridized carbons (Fsp3) is 0.500. The predicted octanol–water partition coefficient (Wildman–Crippen LogP) is 4.12. The van der Waals surface area contributed by atoms with E-state index in [1.807, 2.05) is 18.2 Å². The molecular weight excluding hydrogens is 264 g/mol. The first kappa shape index (κ1) is 13.8. The third-order valence-corrected chi connectivity index (χ3v) is 4.50. The maximum Gasteiger partial charge on any atom is 0.157 e. The van der Waals surface area contributed by atoms with Gasteiger partial charge in [0, 0.05) is 10.8 Å². The Hall–Kier alpha value is -0.670. The van der Waals surface area contributed by atoms with Crippen LogP contribution in [0.4, 0.5) is 0 Å². The summed E-state index contributed by atoms with van der Waals surface area (Å²) in [5, 5.41) is 5.30. The molecule has 0 aliphatic carbocycles. The highest BCUT2D eigenvalue weighted by atomic mass is 35.5. The van der Waals surface area contributed by atoms with E-state index in [-0.39, 0.29) is 6.04 Å². The average molecular weight is 283 g/mol. The van der Waals surface area contributed by atoms with Crippen molar-refractivity contribution in [3.63, 3.8) is 0 Å². The number of nitrogens with zero attached hydrogens (tertiary/aromatic N) is 1. The molecule has 1 aliphatic heterocycles. The number of rotatable bonds is 3. The monoisotopic (exact) mass is 282 g/mol. The minimum absolute atomic E-state index is 0.191. The van der Waals surface area contributed by atoms with Crippen molar-refractivity contribution in [1.29, 1.82) is 0 Å². The number of halogens is 1. The quantitative estimate of drug-likeness (QED) is 0.902. The van der Waals surface area contributed by atoms with Gasteiger partial charge < -0.3 is 5.32 Å². The second-order valence-corrected chi connectivity index (χ2v) is 6.36. The van der Waals surface area contributed by atoms with Crippen LogP contribution < -0.4 is 5.32 Å². The molecule has 2 nitrogen and oxygen atoms in total. The lowest BCUT2D eigenvalue weighted by Crippen LogP contribution is -2.23. The molecule has 0 saturated heterocycles. The minimum atomic E-state index is 0.191. The van der Waals surface area contributed by atoms with E-state index < -0.39 is 0 Å². The van der Waals surface area contributed by atoms with Crippen molar-refractivity contribution in [2.75, 3.05) is 5.75 Å². The molecule has 98 valence electrons. The first-order chi connectivity index (χ1) is 8.58. The molecule has 0 fully saturated rings. The Morgan fingerprint density at radius 2 is 2.06 bits per heavy atom. The van der Waals surface area contributed by atoms with E-state index in [0.717, 1.165) is 21.5 Å². The van der Waals surface area contributed by atoms with Gasteiger partial charge in [0.25, 0.3) is 0 Å². The molecule has 0 saturated carbocycles. The van der Waals surface area contributed by atoms with E-state index in [1.54, 1.807) is 11.8 Å². The Kier molecular flexibility index (Phi) is 4.57. The second-order valence-electron chi connectivity index (χ2n) is 4.94. The first-order valence-corrected chi connectivity index (χ1v) is 7.66. The molecule has 2 atom stereocenters. The Labute approximate surface area is 118 Å². The molecule has 1 aromatic rings. The molecule has 2 unspecified atom stereocenters. The zero-order chi connectivity index (χ0) is 13.1. The van der Waals surface area contributed by atoms with Crippen LogP contribution in [-0.4, -0.2) is 17.0 Å². The number of amidine groups is 1. The van der Waals surface area contributed by atoms with E-state index in [1.165, 1.54) is 0 Å². The zero-order valence-corrected chi connectivity index (χ0v) is 12.6. The summed E-state index contributed by atoms with van der Waals surface area (Å²) in [7, 11) is 0. The Morgan fingerprint density at radius 1 is 1.33 bits per heavy atom. The first-order valence-electron chi connectivity index (χ1n) is 6.29. The van der Waals surface area contributed by atoms with Crippen LogP contribution in [0.25, 0.3) is 0 Å². The molecule has 0 radical (unpaired) electrons. The molecule has 4 heteroatoms. The maximum atomic E-state index is 6.20. The van der Waals surface area contributed by atoms with E-state index >= 15 is 0 Å². The summed E-state index contributed by atoms with van der Waals surface area (Å²) < 4.78 is 0. The van der Waals surface area contributed by atoms with Crippen molar-refractivity contribution in [2.24, 2.45) is 10.9 Å². The summed E-state index contributed by atoms with van der Waals surface area (Å²) in [5.74, 6) is 1.68. The van der Waals surface area contributed by atoms with Crippen LogP contribution in [-0.2, 0) is 0 Å². The van der Waals surface area contributed by atoms with Crippen LogP contribution in [0, 0.1) is 5.92 Å². The van der Waals surface area contributed by atoms with Crippen molar-refractivity contribution in [3.8, 4) is 0 Å². The molecule has 1 aliphatic rings. The lowest BCUT2D eigenvalue weighted by atomic mass is 10.1. The van der Waals surface area contributed by atoms with E-state index in [2.05, 4.69) is 32.2 Å². The number of hydrogen-bond acceptors (Lipinski definition) is 3. The SMILES string of the molecule is CC(NC1=NC(C(C)C)CS1)c1ccccc1Cl. The fourth-order valence-corrected chi connectivity index (χ4v) is 3.46. The topological polar surface area (TPSA) is 24.4 Å². The van der Waals surface area contributed by atoms with Crippen LogP contribution in [0.5, 0.6) is 0 Å². The highest BCUT2D eigenvalue weighted by Gasteiger charge is 2.22. The average Bonchev–Trinajstić information content (AvgIpc) is 2.78. The van der Waals surface area contributed by atoms with Gasteiger partial charge in [-0.2, -0.15) is 0 Å². The van der Waals surface area contributed by atoms with Crippen LogP contribution >= 0.6 is 23.4 Å². The van der Waals surface area contributed by atoms with Gasteiger partial charge in [-0.3, -0.25) is 4.99 Å². The number of nitrogens with one attached hydrogen (secondary N) is 1. The lowest BCUT2D eigenvalue weighted by Gasteiger charge is -2.16. The third-order valence-electron chi connectivity index (χ3n) is 3.16. The van der Waals surface area contributed by atoms with Gasteiger partial charge in [0.1, 0.15) is 0 Å². The van der Waals surface area contributed by atoms with Crippen molar-refractivity contribution < 1.29 is 0 Å². The summed E-state index contributed by atoms with van der Waals surface area (Å²) in [6.07, 6.45) is 0. The van der Waals surface area contributed by atoms with Crippen molar-refractivity contribution in [1.82, 2.24) is 5.32 Å². The van der Waals surface area contributed by atoms with Gasteiger partial charge >= 0.3 is 0 Å². The van der Waals surface area contributed by atoms with Crippen molar-refractivity contribution in [2.45, 2.75) is 32.9 Å². The van der Waals surface area contributed by atoms with Gasteiger partial charge in [0.15, 0.2) is 5.17 Å². The third kappa shape index (κ3) is 3.21. The molecule has 0 bridgehead atoms. The largest absolute Gasteiger partial charge is 0.358 e. The van der Waals surface area contributed by atoms with Gasteiger partial charge in [-0.15, -0.1) is 0 Å². The van der Waals surface area contributed by atoms with Gasteiger partial charge in [-0.05, 0) is 24.5 Å². The predicted molar refractivity (Wildman–Crippen MR) is 81.5 cm³/mol. The molecule has 1 N–H and O–H groups in total. The molecule has 18 heavy (non-hydrogen) atoms. The van der Waals surface area contributed by atoms with Crippen LogP contribution in [0.2, 0.25) is 5.02 Å². The number of hydrogen-bond donors (Lipinski definition) is 1. The van der Waals surface area contributed by atoms with Gasteiger partial charge in [0.05, 0.1) is 12.1 Å². The second kappa shape index (κ2) is 5.98. The zero-order valence-electron chi connectivity index (χ0n) is 11.0. The normalized spacial score (nSPS) is 20.9. The fourth-order valence-electron chi connectivity index (χ4n) is 1.90. The van der Waals surface area contributed by atoms with Gasteiger partial charge in [-0.25, -0.2) is 0 Å². The van der Waals surface area contributed by atoms with E-state index in [4.69, 9.17) is 16.6 Å². The number of thioether (sulfide) groups is 1. The number of aliphatic imine (C=N–C) groups is 1. The molecule has 0 amide bonds. The van der Waals surface area contributed by atoms with E-state index in [9.17, 15) is 0 Å². The van der Waals surface area contributed by atoms with Gasteiger partial charge in [-0.1, -0.05) is 55.4 Å². The Bertz CT molecular complexity index is 445. The van der Waals surface area contributed by atoms with Crippen LogP contribution in [0.3, 0.4) is 0 Å². The highest BCUT2D eigenvalue weighted by Crippen LogP contribution is 2.26. The molecule has 0 spiro atoms. The lowest BCUT2D eigenvalue weighted by molar-refractivity contribution is 0.541. The maximum absolute atomic E-state index is 6.20. The van der Waals surface area contributed by atoms with Crippen molar-refractivity contribution in [3.05, 3.63) is 34.9 Å². The molecule has 0 aromatic heterocycles. The van der Waals surface area contributed by atoms with Crippen molar-refractivity contribution >= 4 is 28.5 Å². The summed E-state index contributed by atoms with van der Waals surface area (Å²) in [4.78, 5) is 4.71. The Balaban J connectivity index is 2.03. The molecule has 1 heterocycles.